The number of hydrogen-bond acceptors (Lipinski definition) is 6. The molecule has 138 valence electrons. The standard InChI is InChI=1S/C17H18ClN5OS.ClH/c1-22(2)8-3-9-23(16(24)14-11-19-6-7-20-14)17-21-13-5-4-12(18)10-15(13)25-17;/h4-7,10-11H,3,8-9H2,1-2H3;1H. The average Bonchev–Trinajstić information content (AvgIpc) is 3.01. The van der Waals surface area contributed by atoms with Crippen molar-refractivity contribution in [3.05, 3.63) is 47.5 Å². The third-order valence-electron chi connectivity index (χ3n) is 3.58. The monoisotopic (exact) mass is 411 g/mol. The first-order valence-corrected chi connectivity index (χ1v) is 9.03. The number of nitrogens with zero attached hydrogens (tertiary/aromatic N) is 5. The Morgan fingerprint density at radius 3 is 2.73 bits per heavy atom. The summed E-state index contributed by atoms with van der Waals surface area (Å²) < 4.78 is 0.951. The Kier molecular flexibility index (Phi) is 7.28. The molecule has 1 amide bonds. The number of carbonyl (C=O) groups excluding carboxylic acids is 1. The van der Waals surface area contributed by atoms with Crippen molar-refractivity contribution in [2.24, 2.45) is 0 Å². The van der Waals surface area contributed by atoms with Crippen LogP contribution in [0.2, 0.25) is 5.02 Å². The fourth-order valence-electron chi connectivity index (χ4n) is 2.38. The normalized spacial score (nSPS) is 10.8. The fraction of sp³-hybridized carbons (Fsp3) is 0.294. The van der Waals surface area contributed by atoms with Gasteiger partial charge in [0.1, 0.15) is 5.69 Å². The third kappa shape index (κ3) is 4.88. The van der Waals surface area contributed by atoms with E-state index in [2.05, 4.69) is 19.9 Å². The van der Waals surface area contributed by atoms with Crippen LogP contribution in [0.4, 0.5) is 5.13 Å². The van der Waals surface area contributed by atoms with Crippen molar-refractivity contribution in [2.45, 2.75) is 6.42 Å². The van der Waals surface area contributed by atoms with Gasteiger partial charge in [0.15, 0.2) is 5.13 Å². The van der Waals surface area contributed by atoms with Crippen molar-refractivity contribution in [3.63, 3.8) is 0 Å². The molecule has 0 aliphatic carbocycles. The van der Waals surface area contributed by atoms with E-state index in [4.69, 9.17) is 11.6 Å². The minimum absolute atomic E-state index is 0. The minimum Gasteiger partial charge on any atom is -0.309 e. The lowest BCUT2D eigenvalue weighted by molar-refractivity contribution is 0.0981. The molecular formula is C17H19Cl2N5OS. The molecule has 0 atom stereocenters. The van der Waals surface area contributed by atoms with E-state index in [0.717, 1.165) is 23.2 Å². The molecule has 0 unspecified atom stereocenters. The van der Waals surface area contributed by atoms with Crippen LogP contribution in [-0.2, 0) is 0 Å². The molecule has 0 spiro atoms. The Hall–Kier alpha value is -1.80. The lowest BCUT2D eigenvalue weighted by Crippen LogP contribution is -2.34. The van der Waals surface area contributed by atoms with Crippen LogP contribution in [-0.4, -0.2) is 52.9 Å². The van der Waals surface area contributed by atoms with Crippen LogP contribution in [0.1, 0.15) is 16.9 Å². The summed E-state index contributed by atoms with van der Waals surface area (Å²) in [6.07, 6.45) is 5.37. The minimum atomic E-state index is -0.197. The third-order valence-corrected chi connectivity index (χ3v) is 4.86. The van der Waals surface area contributed by atoms with Gasteiger partial charge in [-0.25, -0.2) is 9.97 Å². The predicted octanol–water partition coefficient (Wildman–Crippen LogP) is 3.76. The number of halogens is 2. The molecule has 2 aromatic heterocycles. The van der Waals surface area contributed by atoms with Gasteiger partial charge in [0.25, 0.3) is 5.91 Å². The van der Waals surface area contributed by atoms with Crippen LogP contribution in [0, 0.1) is 0 Å². The summed E-state index contributed by atoms with van der Waals surface area (Å²) in [5.74, 6) is -0.197. The number of hydrogen-bond donors (Lipinski definition) is 0. The Balaban J connectivity index is 0.00000243. The first-order valence-electron chi connectivity index (χ1n) is 7.83. The second kappa shape index (κ2) is 9.23. The van der Waals surface area contributed by atoms with Crippen molar-refractivity contribution in [1.29, 1.82) is 0 Å². The van der Waals surface area contributed by atoms with Crippen molar-refractivity contribution >= 4 is 56.6 Å². The zero-order valence-electron chi connectivity index (χ0n) is 14.4. The summed E-state index contributed by atoms with van der Waals surface area (Å²) in [6, 6.07) is 5.53. The van der Waals surface area contributed by atoms with Crippen LogP contribution in [0.5, 0.6) is 0 Å². The molecule has 1 aromatic carbocycles. The average molecular weight is 412 g/mol. The topological polar surface area (TPSA) is 62.2 Å². The summed E-state index contributed by atoms with van der Waals surface area (Å²) >= 11 is 7.51. The molecule has 0 fully saturated rings. The molecule has 0 saturated heterocycles. The number of benzene rings is 1. The van der Waals surface area contributed by atoms with Gasteiger partial charge >= 0.3 is 0 Å². The smallest absolute Gasteiger partial charge is 0.280 e. The van der Waals surface area contributed by atoms with E-state index < -0.39 is 0 Å². The molecule has 0 N–H and O–H groups in total. The molecule has 6 nitrogen and oxygen atoms in total. The van der Waals surface area contributed by atoms with E-state index in [1.54, 1.807) is 17.2 Å². The van der Waals surface area contributed by atoms with E-state index in [1.165, 1.54) is 23.7 Å². The van der Waals surface area contributed by atoms with Crippen LogP contribution >= 0.6 is 35.3 Å². The number of thiazole rings is 1. The molecule has 9 heteroatoms. The second-order valence-corrected chi connectivity index (χ2v) is 7.26. The van der Waals surface area contributed by atoms with Gasteiger partial charge in [-0.2, -0.15) is 0 Å². The Morgan fingerprint density at radius 2 is 2.04 bits per heavy atom. The van der Waals surface area contributed by atoms with Crippen molar-refractivity contribution in [3.8, 4) is 0 Å². The van der Waals surface area contributed by atoms with Crippen molar-refractivity contribution < 1.29 is 4.79 Å². The van der Waals surface area contributed by atoms with Crippen LogP contribution < -0.4 is 4.90 Å². The SMILES string of the molecule is CN(C)CCCN(C(=O)c1cnccn1)c1nc2ccc(Cl)cc2s1.Cl. The van der Waals surface area contributed by atoms with Crippen molar-refractivity contribution in [2.75, 3.05) is 32.1 Å². The molecule has 3 rings (SSSR count). The maximum atomic E-state index is 12.9. The highest BCUT2D eigenvalue weighted by molar-refractivity contribution is 7.22. The molecule has 0 bridgehead atoms. The maximum absolute atomic E-state index is 12.9. The molecular weight excluding hydrogens is 393 g/mol. The van der Waals surface area contributed by atoms with Gasteiger partial charge in [0, 0.05) is 24.0 Å². The molecule has 26 heavy (non-hydrogen) atoms. The van der Waals surface area contributed by atoms with Gasteiger partial charge < -0.3 is 4.90 Å². The van der Waals surface area contributed by atoms with E-state index in [0.29, 0.717) is 22.4 Å². The van der Waals surface area contributed by atoms with E-state index >= 15 is 0 Å². The highest BCUT2D eigenvalue weighted by Gasteiger charge is 2.22. The number of fused-ring (bicyclic) bond motifs is 1. The largest absolute Gasteiger partial charge is 0.309 e. The summed E-state index contributed by atoms with van der Waals surface area (Å²) in [5, 5.41) is 1.30. The Morgan fingerprint density at radius 1 is 1.23 bits per heavy atom. The number of rotatable bonds is 6. The van der Waals surface area contributed by atoms with Gasteiger partial charge in [0.05, 0.1) is 16.4 Å². The summed E-state index contributed by atoms with van der Waals surface area (Å²) in [7, 11) is 4.02. The van der Waals surface area contributed by atoms with Gasteiger partial charge in [-0.15, -0.1) is 12.4 Å². The number of amides is 1. The summed E-state index contributed by atoms with van der Waals surface area (Å²) in [6.45, 7) is 1.43. The number of carbonyl (C=O) groups is 1. The van der Waals surface area contributed by atoms with E-state index in [1.807, 2.05) is 26.2 Å². The zero-order chi connectivity index (χ0) is 17.8. The summed E-state index contributed by atoms with van der Waals surface area (Å²) in [4.78, 5) is 29.4. The first kappa shape index (κ1) is 20.5. The van der Waals surface area contributed by atoms with Gasteiger partial charge in [-0.3, -0.25) is 14.7 Å². The number of aromatic nitrogens is 3. The predicted molar refractivity (Wildman–Crippen MR) is 109 cm³/mol. The molecule has 0 radical (unpaired) electrons. The fourth-order valence-corrected chi connectivity index (χ4v) is 3.64. The molecule has 2 heterocycles. The van der Waals surface area contributed by atoms with E-state index in [9.17, 15) is 4.79 Å². The first-order chi connectivity index (χ1) is 12.0. The lowest BCUT2D eigenvalue weighted by atomic mass is 10.3. The van der Waals surface area contributed by atoms with Crippen molar-refractivity contribution in [1.82, 2.24) is 19.9 Å². The number of anilines is 1. The van der Waals surface area contributed by atoms with Gasteiger partial charge in [-0.05, 0) is 45.3 Å². The highest BCUT2D eigenvalue weighted by atomic mass is 35.5. The molecule has 0 aliphatic rings. The maximum Gasteiger partial charge on any atom is 0.280 e. The zero-order valence-corrected chi connectivity index (χ0v) is 16.8. The Bertz CT molecular complexity index is 872. The molecule has 3 aromatic rings. The van der Waals surface area contributed by atoms with Crippen LogP contribution in [0.15, 0.2) is 36.8 Å². The lowest BCUT2D eigenvalue weighted by Gasteiger charge is -2.20. The van der Waals surface area contributed by atoms with Gasteiger partial charge in [0.2, 0.25) is 0 Å². The van der Waals surface area contributed by atoms with Crippen LogP contribution in [0.3, 0.4) is 0 Å². The molecule has 0 saturated carbocycles. The Labute approximate surface area is 167 Å². The quantitative estimate of drug-likeness (QED) is 0.617. The molecule has 0 aliphatic heterocycles. The van der Waals surface area contributed by atoms with E-state index in [-0.39, 0.29) is 18.3 Å². The second-order valence-electron chi connectivity index (χ2n) is 5.81. The van der Waals surface area contributed by atoms with Crippen LogP contribution in [0.25, 0.3) is 10.2 Å². The summed E-state index contributed by atoms with van der Waals surface area (Å²) in [5.41, 5.74) is 1.14. The van der Waals surface area contributed by atoms with Gasteiger partial charge in [-0.1, -0.05) is 22.9 Å². The highest BCUT2D eigenvalue weighted by Crippen LogP contribution is 2.31.